The lowest BCUT2D eigenvalue weighted by Gasteiger charge is -2.12. The number of anilines is 2. The topological polar surface area (TPSA) is 84.1 Å². The summed E-state index contributed by atoms with van der Waals surface area (Å²) in [6.07, 6.45) is 1.56. The summed E-state index contributed by atoms with van der Waals surface area (Å²) in [5.74, 6) is -0.222. The second-order valence-electron chi connectivity index (χ2n) is 4.51. The molecular formula is C14H17N5O. The van der Waals surface area contributed by atoms with Crippen molar-refractivity contribution in [1.82, 2.24) is 15.3 Å². The Bertz CT molecular complexity index is 622. The van der Waals surface area contributed by atoms with Gasteiger partial charge in [-0.25, -0.2) is 9.97 Å². The summed E-state index contributed by atoms with van der Waals surface area (Å²) in [5.41, 5.74) is 8.39. The average molecular weight is 271 g/mol. The molecule has 1 aromatic carbocycles. The van der Waals surface area contributed by atoms with Gasteiger partial charge in [0.2, 0.25) is 0 Å². The molecule has 0 saturated heterocycles. The van der Waals surface area contributed by atoms with Gasteiger partial charge in [0.05, 0.1) is 11.9 Å². The molecule has 20 heavy (non-hydrogen) atoms. The molecule has 0 aliphatic carbocycles. The lowest BCUT2D eigenvalue weighted by Crippen LogP contribution is -2.21. The molecule has 0 spiro atoms. The molecule has 6 heteroatoms. The number of carbonyl (C=O) groups excluding carboxylic acids is 1. The quantitative estimate of drug-likeness (QED) is 0.875. The van der Waals surface area contributed by atoms with Crippen molar-refractivity contribution in [3.05, 3.63) is 36.2 Å². The van der Waals surface area contributed by atoms with E-state index in [4.69, 9.17) is 5.73 Å². The molecule has 1 heterocycles. The van der Waals surface area contributed by atoms with E-state index in [0.29, 0.717) is 5.69 Å². The van der Waals surface area contributed by atoms with Gasteiger partial charge in [0.25, 0.3) is 5.91 Å². The molecule has 0 aliphatic heterocycles. The van der Waals surface area contributed by atoms with Crippen LogP contribution in [0.2, 0.25) is 0 Å². The Morgan fingerprint density at radius 3 is 2.45 bits per heavy atom. The summed E-state index contributed by atoms with van der Waals surface area (Å²) in [7, 11) is 5.48. The van der Waals surface area contributed by atoms with Gasteiger partial charge < -0.3 is 16.0 Å². The summed E-state index contributed by atoms with van der Waals surface area (Å²) in [6.45, 7) is 0. The second kappa shape index (κ2) is 5.56. The molecule has 6 nitrogen and oxygen atoms in total. The maximum Gasteiger partial charge on any atom is 0.273 e. The highest BCUT2D eigenvalue weighted by atomic mass is 16.1. The number of nitrogens with two attached hydrogens (primary N) is 1. The first-order valence-corrected chi connectivity index (χ1v) is 6.15. The molecule has 0 radical (unpaired) electrons. The van der Waals surface area contributed by atoms with E-state index < -0.39 is 0 Å². The van der Waals surface area contributed by atoms with Gasteiger partial charge in [0.1, 0.15) is 0 Å². The number of amides is 1. The van der Waals surface area contributed by atoms with Crippen LogP contribution in [0.1, 0.15) is 10.5 Å². The molecular weight excluding hydrogens is 254 g/mol. The molecule has 0 saturated carbocycles. The van der Waals surface area contributed by atoms with E-state index in [0.717, 1.165) is 11.3 Å². The third-order valence-corrected chi connectivity index (χ3v) is 2.92. The van der Waals surface area contributed by atoms with Crippen LogP contribution >= 0.6 is 0 Å². The van der Waals surface area contributed by atoms with Gasteiger partial charge in [-0.05, 0) is 12.1 Å². The highest BCUT2D eigenvalue weighted by Gasteiger charge is 2.13. The van der Waals surface area contributed by atoms with Crippen LogP contribution in [0.3, 0.4) is 0 Å². The van der Waals surface area contributed by atoms with Crippen molar-refractivity contribution < 1.29 is 4.79 Å². The maximum absolute atomic E-state index is 11.7. The van der Waals surface area contributed by atoms with Gasteiger partial charge in [0, 0.05) is 32.4 Å². The first-order chi connectivity index (χ1) is 9.52. The van der Waals surface area contributed by atoms with Crippen molar-refractivity contribution >= 4 is 17.4 Å². The van der Waals surface area contributed by atoms with E-state index in [1.54, 1.807) is 6.20 Å². The molecule has 0 aliphatic rings. The van der Waals surface area contributed by atoms with E-state index in [9.17, 15) is 4.79 Å². The van der Waals surface area contributed by atoms with Gasteiger partial charge >= 0.3 is 0 Å². The third-order valence-electron chi connectivity index (χ3n) is 2.92. The highest BCUT2D eigenvalue weighted by molar-refractivity contribution is 5.96. The fraction of sp³-hybridized carbons (Fsp3) is 0.214. The summed E-state index contributed by atoms with van der Waals surface area (Å²) in [6, 6.07) is 7.83. The van der Waals surface area contributed by atoms with Crippen LogP contribution in [0, 0.1) is 0 Å². The SMILES string of the molecule is CNC(=O)c1nc(-c2ccc(N(C)C)cc2)cnc1N. The van der Waals surface area contributed by atoms with Gasteiger partial charge in [-0.15, -0.1) is 0 Å². The van der Waals surface area contributed by atoms with Crippen LogP contribution in [0.5, 0.6) is 0 Å². The lowest BCUT2D eigenvalue weighted by atomic mass is 10.1. The standard InChI is InChI=1S/C14H17N5O/c1-16-14(20)12-13(15)17-8-11(18-12)9-4-6-10(7-5-9)19(2)3/h4-8H,1-3H3,(H2,15,17)(H,16,20). The number of rotatable bonds is 3. The number of nitrogens with one attached hydrogen (secondary N) is 1. The maximum atomic E-state index is 11.7. The van der Waals surface area contributed by atoms with E-state index in [-0.39, 0.29) is 17.4 Å². The molecule has 104 valence electrons. The Kier molecular flexibility index (Phi) is 3.84. The number of benzene rings is 1. The molecule has 0 fully saturated rings. The summed E-state index contributed by atoms with van der Waals surface area (Å²) < 4.78 is 0. The fourth-order valence-corrected chi connectivity index (χ4v) is 1.75. The van der Waals surface area contributed by atoms with Crippen LogP contribution < -0.4 is 16.0 Å². The van der Waals surface area contributed by atoms with Crippen LogP contribution in [0.15, 0.2) is 30.5 Å². The van der Waals surface area contributed by atoms with Crippen molar-refractivity contribution in [1.29, 1.82) is 0 Å². The molecule has 1 amide bonds. The molecule has 0 bridgehead atoms. The van der Waals surface area contributed by atoms with Crippen molar-refractivity contribution in [2.24, 2.45) is 0 Å². The Morgan fingerprint density at radius 2 is 1.90 bits per heavy atom. The lowest BCUT2D eigenvalue weighted by molar-refractivity contribution is 0.0959. The monoisotopic (exact) mass is 271 g/mol. The van der Waals surface area contributed by atoms with Crippen LogP contribution in [-0.2, 0) is 0 Å². The van der Waals surface area contributed by atoms with E-state index in [2.05, 4.69) is 15.3 Å². The van der Waals surface area contributed by atoms with E-state index >= 15 is 0 Å². The first-order valence-electron chi connectivity index (χ1n) is 6.15. The molecule has 2 rings (SSSR count). The largest absolute Gasteiger partial charge is 0.382 e. The fourth-order valence-electron chi connectivity index (χ4n) is 1.75. The predicted octanol–water partition coefficient (Wildman–Crippen LogP) is 1.15. The number of carbonyl (C=O) groups is 1. The highest BCUT2D eigenvalue weighted by Crippen LogP contribution is 2.21. The Morgan fingerprint density at radius 1 is 1.25 bits per heavy atom. The van der Waals surface area contributed by atoms with Crippen LogP contribution in [0.25, 0.3) is 11.3 Å². The predicted molar refractivity (Wildman–Crippen MR) is 79.6 cm³/mol. The summed E-state index contributed by atoms with van der Waals surface area (Å²) in [5, 5.41) is 2.50. The molecule has 0 unspecified atom stereocenters. The Balaban J connectivity index is 2.40. The summed E-state index contributed by atoms with van der Waals surface area (Å²) >= 11 is 0. The zero-order valence-electron chi connectivity index (χ0n) is 11.7. The number of nitrogen functional groups attached to an aromatic ring is 1. The molecule has 2 aromatic rings. The second-order valence-corrected chi connectivity index (χ2v) is 4.51. The number of nitrogens with zero attached hydrogens (tertiary/aromatic N) is 3. The molecule has 0 atom stereocenters. The number of hydrogen-bond donors (Lipinski definition) is 2. The van der Waals surface area contributed by atoms with Crippen molar-refractivity contribution in [2.45, 2.75) is 0 Å². The average Bonchev–Trinajstić information content (AvgIpc) is 2.47. The molecule has 3 N–H and O–H groups in total. The van der Waals surface area contributed by atoms with Gasteiger partial charge in [-0.2, -0.15) is 0 Å². The normalized spacial score (nSPS) is 10.2. The van der Waals surface area contributed by atoms with Crippen molar-refractivity contribution in [3.63, 3.8) is 0 Å². The minimum Gasteiger partial charge on any atom is -0.382 e. The van der Waals surface area contributed by atoms with Crippen molar-refractivity contribution in [2.75, 3.05) is 31.8 Å². The number of aromatic nitrogens is 2. The smallest absolute Gasteiger partial charge is 0.273 e. The van der Waals surface area contributed by atoms with Crippen LogP contribution in [0.4, 0.5) is 11.5 Å². The van der Waals surface area contributed by atoms with Gasteiger partial charge in [-0.1, -0.05) is 12.1 Å². The molecule has 1 aromatic heterocycles. The summed E-state index contributed by atoms with van der Waals surface area (Å²) in [4.78, 5) is 22.0. The Hall–Kier alpha value is -2.63. The van der Waals surface area contributed by atoms with Gasteiger partial charge in [-0.3, -0.25) is 4.79 Å². The minimum absolute atomic E-state index is 0.123. The minimum atomic E-state index is -0.346. The number of hydrogen-bond acceptors (Lipinski definition) is 5. The first kappa shape index (κ1) is 13.8. The van der Waals surface area contributed by atoms with E-state index in [1.807, 2.05) is 43.3 Å². The zero-order valence-corrected chi connectivity index (χ0v) is 11.7. The Labute approximate surface area is 117 Å². The van der Waals surface area contributed by atoms with E-state index in [1.165, 1.54) is 7.05 Å². The third kappa shape index (κ3) is 2.69. The van der Waals surface area contributed by atoms with Crippen molar-refractivity contribution in [3.8, 4) is 11.3 Å². The van der Waals surface area contributed by atoms with Crippen LogP contribution in [-0.4, -0.2) is 37.0 Å². The zero-order chi connectivity index (χ0) is 14.7. The van der Waals surface area contributed by atoms with Gasteiger partial charge in [0.15, 0.2) is 11.5 Å².